The zero-order valence-electron chi connectivity index (χ0n) is 18.3. The molecule has 0 atom stereocenters. The number of benzene rings is 2. The highest BCUT2D eigenvalue weighted by Gasteiger charge is 2.22. The number of nitrogens with zero attached hydrogens (tertiary/aromatic N) is 6. The van der Waals surface area contributed by atoms with Gasteiger partial charge < -0.3 is 14.5 Å². The first kappa shape index (κ1) is 21.3. The average Bonchev–Trinajstić information content (AvgIpc) is 3.33. The summed E-state index contributed by atoms with van der Waals surface area (Å²) in [6.07, 6.45) is 3.30. The summed E-state index contributed by atoms with van der Waals surface area (Å²) in [6.45, 7) is 3.03. The molecule has 1 fully saturated rings. The lowest BCUT2D eigenvalue weighted by Crippen LogP contribution is -2.49. The first-order chi connectivity index (χ1) is 16.2. The molecule has 0 unspecified atom stereocenters. The van der Waals surface area contributed by atoms with E-state index in [2.05, 4.69) is 32.1 Å². The minimum Gasteiger partial charge on any atom is -0.497 e. The largest absolute Gasteiger partial charge is 0.497 e. The Morgan fingerprint density at radius 1 is 0.970 bits per heavy atom. The van der Waals surface area contributed by atoms with Gasteiger partial charge in [0, 0.05) is 31.9 Å². The van der Waals surface area contributed by atoms with E-state index in [4.69, 9.17) is 4.74 Å². The van der Waals surface area contributed by atoms with Crippen LogP contribution in [0.2, 0.25) is 0 Å². The molecule has 1 saturated heterocycles. The molecule has 2 aromatic carbocycles. The minimum atomic E-state index is 0.122. The second-order valence-electron chi connectivity index (χ2n) is 7.66. The van der Waals surface area contributed by atoms with Crippen molar-refractivity contribution in [3.8, 4) is 11.4 Å². The number of anilines is 1. The number of hydrogen-bond donors (Lipinski definition) is 0. The van der Waals surface area contributed by atoms with Gasteiger partial charge in [-0.2, -0.15) is 5.10 Å². The zero-order valence-corrected chi connectivity index (χ0v) is 19.1. The Balaban J connectivity index is 1.20. The summed E-state index contributed by atoms with van der Waals surface area (Å²) in [6, 6.07) is 17.9. The molecule has 0 saturated carbocycles. The SMILES string of the molecule is COc1ccc(N2CCN(C(=O)CSc3ncnc4c3cnn4-c3ccccc3)CC2)cc1. The van der Waals surface area contributed by atoms with Crippen molar-refractivity contribution in [1.29, 1.82) is 0 Å². The fourth-order valence-electron chi connectivity index (χ4n) is 3.92. The Morgan fingerprint density at radius 2 is 1.73 bits per heavy atom. The molecular formula is C24H24N6O2S. The number of carbonyl (C=O) groups is 1. The lowest BCUT2D eigenvalue weighted by Gasteiger charge is -2.36. The number of aromatic nitrogens is 4. The maximum absolute atomic E-state index is 12.9. The van der Waals surface area contributed by atoms with Gasteiger partial charge >= 0.3 is 0 Å². The molecule has 168 valence electrons. The van der Waals surface area contributed by atoms with E-state index in [0.717, 1.165) is 46.3 Å². The molecule has 0 spiro atoms. The Hall–Kier alpha value is -3.59. The van der Waals surface area contributed by atoms with Crippen molar-refractivity contribution in [3.05, 3.63) is 67.1 Å². The monoisotopic (exact) mass is 460 g/mol. The maximum Gasteiger partial charge on any atom is 0.233 e. The lowest BCUT2D eigenvalue weighted by atomic mass is 10.2. The molecule has 1 amide bonds. The van der Waals surface area contributed by atoms with Crippen molar-refractivity contribution in [2.24, 2.45) is 0 Å². The number of carbonyl (C=O) groups excluding carboxylic acids is 1. The van der Waals surface area contributed by atoms with Crippen molar-refractivity contribution >= 4 is 34.4 Å². The summed E-state index contributed by atoms with van der Waals surface area (Å²) < 4.78 is 7.02. The van der Waals surface area contributed by atoms with Crippen LogP contribution in [-0.2, 0) is 4.79 Å². The van der Waals surface area contributed by atoms with E-state index in [0.29, 0.717) is 18.8 Å². The van der Waals surface area contributed by atoms with Gasteiger partial charge in [-0.05, 0) is 36.4 Å². The molecule has 33 heavy (non-hydrogen) atoms. The van der Waals surface area contributed by atoms with Crippen molar-refractivity contribution in [1.82, 2.24) is 24.6 Å². The third kappa shape index (κ3) is 4.49. The molecule has 0 radical (unpaired) electrons. The van der Waals surface area contributed by atoms with Crippen molar-refractivity contribution < 1.29 is 9.53 Å². The number of methoxy groups -OCH3 is 1. The summed E-state index contributed by atoms with van der Waals surface area (Å²) >= 11 is 1.44. The van der Waals surface area contributed by atoms with Gasteiger partial charge in [0.15, 0.2) is 5.65 Å². The fraction of sp³-hybridized carbons (Fsp3) is 0.250. The Kier molecular flexibility index (Phi) is 6.12. The normalized spacial score (nSPS) is 14.0. The highest BCUT2D eigenvalue weighted by molar-refractivity contribution is 8.00. The smallest absolute Gasteiger partial charge is 0.233 e. The predicted molar refractivity (Wildman–Crippen MR) is 129 cm³/mol. The van der Waals surface area contributed by atoms with Crippen LogP contribution in [0.1, 0.15) is 0 Å². The number of para-hydroxylation sites is 1. The van der Waals surface area contributed by atoms with Crippen molar-refractivity contribution in [3.63, 3.8) is 0 Å². The molecule has 1 aliphatic heterocycles. The van der Waals surface area contributed by atoms with Crippen molar-refractivity contribution in [2.75, 3.05) is 43.9 Å². The molecule has 4 aromatic rings. The average molecular weight is 461 g/mol. The quantitative estimate of drug-likeness (QED) is 0.323. The molecule has 0 bridgehead atoms. The second-order valence-corrected chi connectivity index (χ2v) is 8.63. The van der Waals surface area contributed by atoms with Gasteiger partial charge in [0.25, 0.3) is 0 Å². The van der Waals surface area contributed by atoms with Gasteiger partial charge in [0.1, 0.15) is 17.1 Å². The molecule has 3 heterocycles. The highest BCUT2D eigenvalue weighted by atomic mass is 32.2. The van der Waals surface area contributed by atoms with Gasteiger partial charge in [-0.15, -0.1) is 0 Å². The van der Waals surface area contributed by atoms with Crippen LogP contribution in [0.3, 0.4) is 0 Å². The number of rotatable bonds is 6. The molecular weight excluding hydrogens is 436 g/mol. The van der Waals surface area contributed by atoms with Crippen molar-refractivity contribution in [2.45, 2.75) is 5.03 Å². The standard InChI is InChI=1S/C24H24N6O2S/c1-32-20-9-7-18(8-10-20)28-11-13-29(14-12-28)22(31)16-33-24-21-15-27-30(23(21)25-17-26-24)19-5-3-2-4-6-19/h2-10,15,17H,11-14,16H2,1H3. The van der Waals surface area contributed by atoms with Gasteiger partial charge in [0.05, 0.1) is 30.1 Å². The number of fused-ring (bicyclic) bond motifs is 1. The van der Waals surface area contributed by atoms with Crippen LogP contribution in [0, 0.1) is 0 Å². The van der Waals surface area contributed by atoms with E-state index in [1.54, 1.807) is 18.0 Å². The second kappa shape index (κ2) is 9.50. The molecule has 9 heteroatoms. The number of ether oxygens (including phenoxy) is 1. The molecule has 0 aliphatic carbocycles. The van der Waals surface area contributed by atoms with Gasteiger partial charge in [-0.1, -0.05) is 30.0 Å². The van der Waals surface area contributed by atoms with Crippen LogP contribution in [0.25, 0.3) is 16.7 Å². The summed E-state index contributed by atoms with van der Waals surface area (Å²) in [5.41, 5.74) is 2.82. The summed E-state index contributed by atoms with van der Waals surface area (Å²) in [7, 11) is 1.67. The van der Waals surface area contributed by atoms with Crippen LogP contribution in [0.15, 0.2) is 72.1 Å². The first-order valence-corrected chi connectivity index (χ1v) is 11.8. The number of thioether (sulfide) groups is 1. The van der Waals surface area contributed by atoms with Crippen LogP contribution >= 0.6 is 11.8 Å². The molecule has 5 rings (SSSR count). The Bertz CT molecular complexity index is 1240. The van der Waals surface area contributed by atoms with Gasteiger partial charge in [-0.25, -0.2) is 14.6 Å². The van der Waals surface area contributed by atoms with E-state index in [1.807, 2.05) is 47.4 Å². The van der Waals surface area contributed by atoms with Crippen LogP contribution in [0.5, 0.6) is 5.75 Å². The third-order valence-corrected chi connectivity index (χ3v) is 6.72. The van der Waals surface area contributed by atoms with E-state index >= 15 is 0 Å². The fourth-order valence-corrected chi connectivity index (χ4v) is 4.79. The molecule has 1 aliphatic rings. The lowest BCUT2D eigenvalue weighted by molar-refractivity contribution is -0.128. The van der Waals surface area contributed by atoms with Crippen LogP contribution in [-0.4, -0.2) is 69.6 Å². The zero-order chi connectivity index (χ0) is 22.6. The first-order valence-electron chi connectivity index (χ1n) is 10.8. The molecule has 2 aromatic heterocycles. The van der Waals surface area contributed by atoms with Crippen LogP contribution in [0.4, 0.5) is 5.69 Å². The highest BCUT2D eigenvalue weighted by Crippen LogP contribution is 2.26. The topological polar surface area (TPSA) is 76.4 Å². The van der Waals surface area contributed by atoms with Gasteiger partial charge in [-0.3, -0.25) is 4.79 Å². The Labute approximate surface area is 196 Å². The maximum atomic E-state index is 12.9. The summed E-state index contributed by atoms with van der Waals surface area (Å²) in [5, 5.41) is 6.10. The molecule has 0 N–H and O–H groups in total. The van der Waals surface area contributed by atoms with E-state index < -0.39 is 0 Å². The van der Waals surface area contributed by atoms with Gasteiger partial charge in [0.2, 0.25) is 5.91 Å². The molecule has 8 nitrogen and oxygen atoms in total. The van der Waals surface area contributed by atoms with E-state index in [-0.39, 0.29) is 5.91 Å². The number of hydrogen-bond acceptors (Lipinski definition) is 7. The third-order valence-electron chi connectivity index (χ3n) is 5.73. The summed E-state index contributed by atoms with van der Waals surface area (Å²) in [4.78, 5) is 25.9. The minimum absolute atomic E-state index is 0.122. The predicted octanol–water partition coefficient (Wildman–Crippen LogP) is 3.27. The van der Waals surface area contributed by atoms with E-state index in [1.165, 1.54) is 18.1 Å². The summed E-state index contributed by atoms with van der Waals surface area (Å²) in [5.74, 6) is 1.31. The van der Waals surface area contributed by atoms with Crippen LogP contribution < -0.4 is 9.64 Å². The number of amides is 1. The number of piperazine rings is 1. The van der Waals surface area contributed by atoms with E-state index in [9.17, 15) is 4.79 Å². The Morgan fingerprint density at radius 3 is 2.45 bits per heavy atom.